The van der Waals surface area contributed by atoms with Gasteiger partial charge >= 0.3 is 0 Å². The van der Waals surface area contributed by atoms with Crippen LogP contribution in [-0.2, 0) is 4.79 Å². The number of benzene rings is 1. The van der Waals surface area contributed by atoms with E-state index < -0.39 is 5.82 Å². The smallest absolute Gasteiger partial charge is 0.238 e. The highest BCUT2D eigenvalue weighted by Gasteiger charge is 2.20. The summed E-state index contributed by atoms with van der Waals surface area (Å²) < 4.78 is 15.9. The molecule has 0 bridgehead atoms. The molecule has 6 heteroatoms. The van der Waals surface area contributed by atoms with Crippen molar-refractivity contribution in [3.05, 3.63) is 41.5 Å². The van der Waals surface area contributed by atoms with Gasteiger partial charge in [0.2, 0.25) is 5.91 Å². The van der Waals surface area contributed by atoms with Crippen molar-refractivity contribution >= 4 is 11.6 Å². The molecule has 2 aromatic rings. The molecular formula is C17H21FN4O. The van der Waals surface area contributed by atoms with E-state index in [-0.39, 0.29) is 12.5 Å². The van der Waals surface area contributed by atoms with Gasteiger partial charge < -0.3 is 10.6 Å². The number of carbonyl (C=O) groups excluding carboxylic acids is 1. The lowest BCUT2D eigenvalue weighted by atomic mass is 10.2. The Bertz CT molecular complexity index is 721. The van der Waals surface area contributed by atoms with E-state index in [1.165, 1.54) is 18.9 Å². The molecule has 2 N–H and O–H groups in total. The number of amides is 1. The third kappa shape index (κ3) is 3.96. The largest absolute Gasteiger partial charge is 0.325 e. The highest BCUT2D eigenvalue weighted by molar-refractivity contribution is 5.92. The van der Waals surface area contributed by atoms with Crippen LogP contribution >= 0.6 is 0 Å². The van der Waals surface area contributed by atoms with Crippen LogP contribution in [0, 0.1) is 25.6 Å². The van der Waals surface area contributed by atoms with Gasteiger partial charge in [-0.05, 0) is 63.4 Å². The van der Waals surface area contributed by atoms with Crippen LogP contribution < -0.4 is 10.6 Å². The van der Waals surface area contributed by atoms with Gasteiger partial charge in [0.05, 0.1) is 12.2 Å². The fourth-order valence-corrected chi connectivity index (χ4v) is 2.55. The standard InChI is InChI=1S/C17H21FN4O/c1-11-7-12(2)22(21-11)16-6-5-14(8-15(16)18)20-17(23)10-19-9-13-3-4-13/h5-8,13,19H,3-4,9-10H2,1-2H3,(H,20,23). The van der Waals surface area contributed by atoms with Crippen LogP contribution in [0.2, 0.25) is 0 Å². The normalized spacial score (nSPS) is 14.0. The second-order valence-electron chi connectivity index (χ2n) is 6.13. The first-order chi connectivity index (χ1) is 11.0. The zero-order valence-electron chi connectivity index (χ0n) is 13.4. The third-order valence-electron chi connectivity index (χ3n) is 3.88. The van der Waals surface area contributed by atoms with Crippen LogP contribution in [-0.4, -0.2) is 28.8 Å². The number of anilines is 1. The summed E-state index contributed by atoms with van der Waals surface area (Å²) in [6.07, 6.45) is 2.49. The number of nitrogens with one attached hydrogen (secondary N) is 2. The minimum Gasteiger partial charge on any atom is -0.325 e. The summed E-state index contributed by atoms with van der Waals surface area (Å²) in [5.41, 5.74) is 2.52. The summed E-state index contributed by atoms with van der Waals surface area (Å²) in [4.78, 5) is 11.8. The first-order valence-electron chi connectivity index (χ1n) is 7.86. The number of hydrogen-bond acceptors (Lipinski definition) is 3. The molecule has 1 aliphatic carbocycles. The molecule has 1 aromatic carbocycles. The predicted octanol–water partition coefficient (Wildman–Crippen LogP) is 2.57. The molecule has 3 rings (SSSR count). The van der Waals surface area contributed by atoms with Gasteiger partial charge in [0.25, 0.3) is 0 Å². The molecule has 1 heterocycles. The van der Waals surface area contributed by atoms with Crippen LogP contribution in [0.4, 0.5) is 10.1 Å². The van der Waals surface area contributed by atoms with Crippen molar-refractivity contribution < 1.29 is 9.18 Å². The van der Waals surface area contributed by atoms with Crippen molar-refractivity contribution in [3.63, 3.8) is 0 Å². The zero-order chi connectivity index (χ0) is 16.4. The van der Waals surface area contributed by atoms with E-state index in [1.54, 1.807) is 16.8 Å². The Morgan fingerprint density at radius 3 is 2.74 bits per heavy atom. The van der Waals surface area contributed by atoms with Gasteiger partial charge in [-0.25, -0.2) is 9.07 Å². The van der Waals surface area contributed by atoms with Crippen LogP contribution in [0.1, 0.15) is 24.2 Å². The molecule has 0 spiro atoms. The number of halogens is 1. The summed E-state index contributed by atoms with van der Waals surface area (Å²) in [6, 6.07) is 6.53. The van der Waals surface area contributed by atoms with E-state index in [0.29, 0.717) is 11.4 Å². The van der Waals surface area contributed by atoms with Crippen LogP contribution in [0.25, 0.3) is 5.69 Å². The average Bonchev–Trinajstić information content (AvgIpc) is 3.23. The van der Waals surface area contributed by atoms with Crippen molar-refractivity contribution in [1.29, 1.82) is 0 Å². The molecule has 0 saturated heterocycles. The summed E-state index contributed by atoms with van der Waals surface area (Å²) in [6.45, 7) is 4.86. The monoisotopic (exact) mass is 316 g/mol. The van der Waals surface area contributed by atoms with Gasteiger partial charge in [0, 0.05) is 11.4 Å². The fraction of sp³-hybridized carbons (Fsp3) is 0.412. The van der Waals surface area contributed by atoms with Crippen molar-refractivity contribution in [1.82, 2.24) is 15.1 Å². The maximum atomic E-state index is 14.3. The summed E-state index contributed by atoms with van der Waals surface area (Å²) in [7, 11) is 0. The average molecular weight is 316 g/mol. The second kappa shape index (κ2) is 6.50. The quantitative estimate of drug-likeness (QED) is 0.861. The Morgan fingerprint density at radius 2 is 2.13 bits per heavy atom. The number of carbonyl (C=O) groups is 1. The van der Waals surface area contributed by atoms with E-state index in [1.807, 2.05) is 19.9 Å². The van der Waals surface area contributed by atoms with E-state index >= 15 is 0 Å². The Balaban J connectivity index is 1.64. The molecule has 0 aliphatic heterocycles. The van der Waals surface area contributed by atoms with Crippen molar-refractivity contribution in [2.24, 2.45) is 5.92 Å². The molecule has 1 aliphatic rings. The molecule has 0 unspecified atom stereocenters. The number of aromatic nitrogens is 2. The third-order valence-corrected chi connectivity index (χ3v) is 3.88. The van der Waals surface area contributed by atoms with Gasteiger partial charge in [-0.3, -0.25) is 4.79 Å². The topological polar surface area (TPSA) is 59.0 Å². The van der Waals surface area contributed by atoms with Gasteiger partial charge in [-0.1, -0.05) is 0 Å². The highest BCUT2D eigenvalue weighted by Crippen LogP contribution is 2.27. The highest BCUT2D eigenvalue weighted by atomic mass is 19.1. The van der Waals surface area contributed by atoms with Crippen molar-refractivity contribution in [2.75, 3.05) is 18.4 Å². The lowest BCUT2D eigenvalue weighted by Crippen LogP contribution is -2.29. The lowest BCUT2D eigenvalue weighted by molar-refractivity contribution is -0.115. The van der Waals surface area contributed by atoms with E-state index in [9.17, 15) is 9.18 Å². The second-order valence-corrected chi connectivity index (χ2v) is 6.13. The molecule has 0 atom stereocenters. The molecule has 1 fully saturated rings. The van der Waals surface area contributed by atoms with Crippen LogP contribution in [0.3, 0.4) is 0 Å². The van der Waals surface area contributed by atoms with E-state index in [2.05, 4.69) is 15.7 Å². The summed E-state index contributed by atoms with van der Waals surface area (Å²) >= 11 is 0. The van der Waals surface area contributed by atoms with Crippen molar-refractivity contribution in [3.8, 4) is 5.69 Å². The van der Waals surface area contributed by atoms with Crippen molar-refractivity contribution in [2.45, 2.75) is 26.7 Å². The lowest BCUT2D eigenvalue weighted by Gasteiger charge is -2.10. The Kier molecular flexibility index (Phi) is 4.43. The van der Waals surface area contributed by atoms with Gasteiger partial charge in [-0.2, -0.15) is 5.10 Å². The van der Waals surface area contributed by atoms with Gasteiger partial charge in [0.1, 0.15) is 5.69 Å². The maximum absolute atomic E-state index is 14.3. The van der Waals surface area contributed by atoms with E-state index in [0.717, 1.165) is 23.9 Å². The van der Waals surface area contributed by atoms with Crippen LogP contribution in [0.15, 0.2) is 24.3 Å². The number of aryl methyl sites for hydroxylation is 2. The molecule has 1 aromatic heterocycles. The minimum atomic E-state index is -0.417. The zero-order valence-corrected chi connectivity index (χ0v) is 13.4. The molecular weight excluding hydrogens is 295 g/mol. The fourth-order valence-electron chi connectivity index (χ4n) is 2.55. The first-order valence-corrected chi connectivity index (χ1v) is 7.86. The summed E-state index contributed by atoms with van der Waals surface area (Å²) in [5, 5.41) is 10.1. The molecule has 23 heavy (non-hydrogen) atoms. The Hall–Kier alpha value is -2.21. The SMILES string of the molecule is Cc1cc(C)n(-c2ccc(NC(=O)CNCC3CC3)cc2F)n1. The molecule has 1 saturated carbocycles. The Morgan fingerprint density at radius 1 is 1.35 bits per heavy atom. The van der Waals surface area contributed by atoms with Gasteiger partial charge in [-0.15, -0.1) is 0 Å². The van der Waals surface area contributed by atoms with E-state index in [4.69, 9.17) is 0 Å². The van der Waals surface area contributed by atoms with Gasteiger partial charge in [0.15, 0.2) is 5.82 Å². The maximum Gasteiger partial charge on any atom is 0.238 e. The molecule has 5 nitrogen and oxygen atoms in total. The number of nitrogens with zero attached hydrogens (tertiary/aromatic N) is 2. The minimum absolute atomic E-state index is 0.163. The summed E-state index contributed by atoms with van der Waals surface area (Å²) in [5.74, 6) is 0.143. The predicted molar refractivity (Wildman–Crippen MR) is 87.2 cm³/mol. The molecule has 0 radical (unpaired) electrons. The first kappa shape index (κ1) is 15.7. The number of rotatable bonds is 6. The Labute approximate surface area is 134 Å². The molecule has 1 amide bonds. The van der Waals surface area contributed by atoms with Crippen LogP contribution in [0.5, 0.6) is 0 Å². The molecule has 122 valence electrons. The number of hydrogen-bond donors (Lipinski definition) is 2.